The number of amides is 1. The summed E-state index contributed by atoms with van der Waals surface area (Å²) in [5.41, 5.74) is 1.30. The van der Waals surface area contributed by atoms with Crippen LogP contribution in [0.15, 0.2) is 28.8 Å². The number of rotatable bonds is 5. The predicted molar refractivity (Wildman–Crippen MR) is 101 cm³/mol. The van der Waals surface area contributed by atoms with Crippen molar-refractivity contribution in [2.24, 2.45) is 5.92 Å². The molecule has 2 aromatic rings. The van der Waals surface area contributed by atoms with E-state index in [0.29, 0.717) is 34.1 Å². The van der Waals surface area contributed by atoms with Gasteiger partial charge in [-0.3, -0.25) is 9.69 Å². The summed E-state index contributed by atoms with van der Waals surface area (Å²) in [5.74, 6) is 1.43. The van der Waals surface area contributed by atoms with Gasteiger partial charge in [-0.15, -0.1) is 0 Å². The molecule has 0 bridgehead atoms. The minimum atomic E-state index is -0.171. The monoisotopic (exact) mass is 393 g/mol. The number of likely N-dealkylation sites (tertiary alicyclic amines) is 1. The fourth-order valence-corrected chi connectivity index (χ4v) is 4.01. The minimum absolute atomic E-state index is 0.0600. The molecule has 0 spiro atoms. The highest BCUT2D eigenvalue weighted by molar-refractivity contribution is 6.35. The molecule has 1 aliphatic heterocycles. The van der Waals surface area contributed by atoms with Crippen LogP contribution in [0.5, 0.6) is 0 Å². The molecular weight excluding hydrogens is 373 g/mol. The second-order valence-electron chi connectivity index (χ2n) is 7.34. The Kier molecular flexibility index (Phi) is 4.95. The van der Waals surface area contributed by atoms with Gasteiger partial charge in [0.2, 0.25) is 0 Å². The normalized spacial score (nSPS) is 23.3. The van der Waals surface area contributed by atoms with Crippen LogP contribution in [0.4, 0.5) is 0 Å². The first-order chi connectivity index (χ1) is 12.5. The molecule has 26 heavy (non-hydrogen) atoms. The molecule has 4 rings (SSSR count). The van der Waals surface area contributed by atoms with E-state index in [2.05, 4.69) is 22.3 Å². The number of benzene rings is 1. The number of carbonyl (C=O) groups excluding carboxylic acids is 1. The molecule has 1 aromatic carbocycles. The summed E-state index contributed by atoms with van der Waals surface area (Å²) in [6.07, 6.45) is 2.24. The average Bonchev–Trinajstić information content (AvgIpc) is 3.23. The van der Waals surface area contributed by atoms with Gasteiger partial charge in [0.1, 0.15) is 5.76 Å². The maximum Gasteiger partial charge on any atom is 0.273 e. The maximum absolute atomic E-state index is 12.5. The summed E-state index contributed by atoms with van der Waals surface area (Å²) < 4.78 is 5.28. The maximum atomic E-state index is 12.5. The van der Waals surface area contributed by atoms with Crippen LogP contribution in [0, 0.1) is 5.92 Å². The Labute approximate surface area is 162 Å². The fourth-order valence-electron chi connectivity index (χ4n) is 3.49. The standard InChI is InChI=1S/C19H21Cl2N3O2/c1-11-8-24(9-13-14(20)3-2-4-15(13)21)10-17(11)22-19(25)16-7-18(26-23-16)12-5-6-12/h2-4,7,11-12,17H,5-6,8-10H2,1H3,(H,22,25)/t11-,17+/m1/s1. The van der Waals surface area contributed by atoms with Crippen molar-refractivity contribution < 1.29 is 9.32 Å². The fraction of sp³-hybridized carbons (Fsp3) is 0.474. The predicted octanol–water partition coefficient (Wildman–Crippen LogP) is 4.11. The summed E-state index contributed by atoms with van der Waals surface area (Å²) >= 11 is 12.6. The molecule has 5 nitrogen and oxygen atoms in total. The molecule has 0 unspecified atom stereocenters. The number of hydrogen-bond acceptors (Lipinski definition) is 4. The van der Waals surface area contributed by atoms with Crippen molar-refractivity contribution in [3.63, 3.8) is 0 Å². The van der Waals surface area contributed by atoms with Crippen LogP contribution in [0.2, 0.25) is 10.0 Å². The van der Waals surface area contributed by atoms with E-state index in [-0.39, 0.29) is 11.9 Å². The molecular formula is C19H21Cl2N3O2. The van der Waals surface area contributed by atoms with Gasteiger partial charge in [0, 0.05) is 53.3 Å². The van der Waals surface area contributed by atoms with Gasteiger partial charge in [-0.25, -0.2) is 0 Å². The van der Waals surface area contributed by atoms with E-state index < -0.39 is 0 Å². The van der Waals surface area contributed by atoms with E-state index in [0.717, 1.165) is 37.3 Å². The molecule has 1 aromatic heterocycles. The minimum Gasteiger partial charge on any atom is -0.360 e. The zero-order chi connectivity index (χ0) is 18.3. The third-order valence-corrected chi connectivity index (χ3v) is 5.90. The lowest BCUT2D eigenvalue weighted by atomic mass is 10.1. The Hall–Kier alpha value is -1.56. The number of hydrogen-bond donors (Lipinski definition) is 1. The van der Waals surface area contributed by atoms with Gasteiger partial charge in [0.25, 0.3) is 5.91 Å². The molecule has 2 atom stereocenters. The van der Waals surface area contributed by atoms with Crippen LogP contribution in [-0.2, 0) is 6.54 Å². The van der Waals surface area contributed by atoms with E-state index in [1.807, 2.05) is 18.2 Å². The molecule has 2 aliphatic rings. The molecule has 0 radical (unpaired) electrons. The van der Waals surface area contributed by atoms with E-state index in [1.165, 1.54) is 0 Å². The van der Waals surface area contributed by atoms with E-state index in [1.54, 1.807) is 6.07 Å². The van der Waals surface area contributed by atoms with Crippen LogP contribution in [0.1, 0.15) is 47.5 Å². The molecule has 2 fully saturated rings. The van der Waals surface area contributed by atoms with Crippen LogP contribution in [0.25, 0.3) is 0 Å². The van der Waals surface area contributed by atoms with Crippen LogP contribution >= 0.6 is 23.2 Å². The van der Waals surface area contributed by atoms with Gasteiger partial charge in [-0.2, -0.15) is 0 Å². The Bertz CT molecular complexity index is 799. The van der Waals surface area contributed by atoms with E-state index in [9.17, 15) is 4.79 Å². The van der Waals surface area contributed by atoms with Crippen molar-refractivity contribution in [1.82, 2.24) is 15.4 Å². The van der Waals surface area contributed by atoms with Crippen LogP contribution in [0.3, 0.4) is 0 Å². The molecule has 7 heteroatoms. The Morgan fingerprint density at radius 2 is 2.04 bits per heavy atom. The van der Waals surface area contributed by atoms with Crippen molar-refractivity contribution >= 4 is 29.1 Å². The number of nitrogens with zero attached hydrogens (tertiary/aromatic N) is 2. The largest absolute Gasteiger partial charge is 0.360 e. The van der Waals surface area contributed by atoms with Gasteiger partial charge in [-0.05, 0) is 30.9 Å². The van der Waals surface area contributed by atoms with E-state index >= 15 is 0 Å². The van der Waals surface area contributed by atoms with Crippen molar-refractivity contribution in [3.8, 4) is 0 Å². The van der Waals surface area contributed by atoms with Gasteiger partial charge in [0.05, 0.1) is 0 Å². The highest BCUT2D eigenvalue weighted by Gasteiger charge is 2.33. The lowest BCUT2D eigenvalue weighted by molar-refractivity contribution is 0.0922. The Morgan fingerprint density at radius 1 is 1.31 bits per heavy atom. The van der Waals surface area contributed by atoms with Crippen molar-refractivity contribution in [2.75, 3.05) is 13.1 Å². The number of carbonyl (C=O) groups is 1. The Morgan fingerprint density at radius 3 is 2.73 bits per heavy atom. The van der Waals surface area contributed by atoms with Gasteiger partial charge in [0.15, 0.2) is 5.69 Å². The quantitative estimate of drug-likeness (QED) is 0.829. The number of nitrogens with one attached hydrogen (secondary N) is 1. The first-order valence-corrected chi connectivity index (χ1v) is 9.69. The second-order valence-corrected chi connectivity index (χ2v) is 8.15. The van der Waals surface area contributed by atoms with Gasteiger partial charge in [-0.1, -0.05) is 41.3 Å². The van der Waals surface area contributed by atoms with Crippen LogP contribution < -0.4 is 5.32 Å². The molecule has 1 amide bonds. The zero-order valence-corrected chi connectivity index (χ0v) is 16.1. The van der Waals surface area contributed by atoms with Crippen molar-refractivity contribution in [3.05, 3.63) is 51.3 Å². The average molecular weight is 394 g/mol. The molecule has 1 aliphatic carbocycles. The second kappa shape index (κ2) is 7.22. The third kappa shape index (κ3) is 3.75. The van der Waals surface area contributed by atoms with E-state index in [4.69, 9.17) is 27.7 Å². The van der Waals surface area contributed by atoms with Gasteiger partial charge < -0.3 is 9.84 Å². The lowest BCUT2D eigenvalue weighted by Crippen LogP contribution is -2.40. The molecule has 1 saturated heterocycles. The lowest BCUT2D eigenvalue weighted by Gasteiger charge is -2.18. The first-order valence-electron chi connectivity index (χ1n) is 8.94. The highest BCUT2D eigenvalue weighted by atomic mass is 35.5. The number of aromatic nitrogens is 1. The van der Waals surface area contributed by atoms with Crippen molar-refractivity contribution in [2.45, 2.75) is 38.3 Å². The zero-order valence-electron chi connectivity index (χ0n) is 14.5. The number of halogens is 2. The SMILES string of the molecule is C[C@@H]1CN(Cc2c(Cl)cccc2Cl)C[C@@H]1NC(=O)c1cc(C2CC2)on1. The summed E-state index contributed by atoms with van der Waals surface area (Å²) in [6.45, 7) is 4.43. The summed E-state index contributed by atoms with van der Waals surface area (Å²) in [6, 6.07) is 7.38. The summed E-state index contributed by atoms with van der Waals surface area (Å²) in [5, 5.41) is 8.36. The molecule has 1 saturated carbocycles. The topological polar surface area (TPSA) is 58.4 Å². The third-order valence-electron chi connectivity index (χ3n) is 5.19. The molecule has 138 valence electrons. The van der Waals surface area contributed by atoms with Crippen molar-refractivity contribution in [1.29, 1.82) is 0 Å². The molecule has 1 N–H and O–H groups in total. The molecule has 2 heterocycles. The van der Waals surface area contributed by atoms with Gasteiger partial charge >= 0.3 is 0 Å². The summed E-state index contributed by atoms with van der Waals surface area (Å²) in [7, 11) is 0. The first kappa shape index (κ1) is 17.8. The Balaban J connectivity index is 1.38. The highest BCUT2D eigenvalue weighted by Crippen LogP contribution is 2.40. The summed E-state index contributed by atoms with van der Waals surface area (Å²) in [4.78, 5) is 14.7. The smallest absolute Gasteiger partial charge is 0.273 e. The van der Waals surface area contributed by atoms with Crippen LogP contribution in [-0.4, -0.2) is 35.1 Å².